The first-order valence-corrected chi connectivity index (χ1v) is 16.8. The number of halogens is 2. The third-order valence-electron chi connectivity index (χ3n) is 9.76. The summed E-state index contributed by atoms with van der Waals surface area (Å²) in [4.78, 5) is 17.6. The van der Waals surface area contributed by atoms with Crippen LogP contribution in [0.4, 0.5) is 9.18 Å². The van der Waals surface area contributed by atoms with Crippen LogP contribution < -0.4 is 0 Å². The fraction of sp³-hybridized carbons (Fsp3) is 0.581. The molecule has 3 heterocycles. The van der Waals surface area contributed by atoms with Crippen molar-refractivity contribution in [1.82, 2.24) is 14.1 Å². The molecule has 41 heavy (non-hydrogen) atoms. The Morgan fingerprint density at radius 1 is 0.951 bits per heavy atom. The van der Waals surface area contributed by atoms with Crippen LogP contribution in [0.1, 0.15) is 69.4 Å². The van der Waals surface area contributed by atoms with E-state index in [4.69, 9.17) is 16.3 Å². The van der Waals surface area contributed by atoms with E-state index in [0.717, 1.165) is 19.3 Å². The van der Waals surface area contributed by atoms with Crippen molar-refractivity contribution in [3.8, 4) is 0 Å². The second-order valence-electron chi connectivity index (χ2n) is 12.3. The second kappa shape index (κ2) is 11.8. The van der Waals surface area contributed by atoms with E-state index in [1.54, 1.807) is 29.2 Å². The minimum Gasteiger partial charge on any atom is -0.448 e. The van der Waals surface area contributed by atoms with Crippen LogP contribution >= 0.6 is 11.6 Å². The molecule has 6 rings (SSSR count). The minimum absolute atomic E-state index is 0.0500. The number of hydrogen-bond donors (Lipinski definition) is 0. The predicted molar refractivity (Wildman–Crippen MR) is 156 cm³/mol. The molecule has 1 saturated carbocycles. The molecule has 2 aromatic carbocycles. The highest BCUT2D eigenvalue weighted by Gasteiger charge is 2.46. The summed E-state index contributed by atoms with van der Waals surface area (Å²) in [5.41, 5.74) is 1.24. The molecule has 0 aromatic heterocycles. The number of amides is 1. The van der Waals surface area contributed by atoms with Crippen molar-refractivity contribution < 1.29 is 22.3 Å². The van der Waals surface area contributed by atoms with Gasteiger partial charge in [-0.05, 0) is 118 Å². The number of likely N-dealkylation sites (tertiary alicyclic amines) is 2. The first-order chi connectivity index (χ1) is 19.7. The summed E-state index contributed by atoms with van der Waals surface area (Å²) in [5, 5.41) is 0.436. The third kappa shape index (κ3) is 6.28. The van der Waals surface area contributed by atoms with E-state index in [1.807, 2.05) is 0 Å². The van der Waals surface area contributed by atoms with Crippen molar-refractivity contribution in [3.05, 3.63) is 64.9 Å². The maximum Gasteiger partial charge on any atom is 0.409 e. The molecule has 0 radical (unpaired) electrons. The molecular formula is C31H39ClFN3O4S. The van der Waals surface area contributed by atoms with Gasteiger partial charge in [-0.1, -0.05) is 23.7 Å². The molecule has 2 unspecified atom stereocenters. The van der Waals surface area contributed by atoms with Crippen LogP contribution in [-0.4, -0.2) is 73.5 Å². The van der Waals surface area contributed by atoms with E-state index >= 15 is 0 Å². The van der Waals surface area contributed by atoms with Gasteiger partial charge < -0.3 is 14.5 Å². The lowest BCUT2D eigenvalue weighted by Crippen LogP contribution is -2.51. The summed E-state index contributed by atoms with van der Waals surface area (Å²) in [6, 6.07) is 11.5. The Kier molecular flexibility index (Phi) is 8.33. The van der Waals surface area contributed by atoms with Crippen LogP contribution in [0.2, 0.25) is 5.02 Å². The van der Waals surface area contributed by atoms with Gasteiger partial charge in [0.1, 0.15) is 12.4 Å². The van der Waals surface area contributed by atoms with Crippen molar-refractivity contribution in [3.63, 3.8) is 0 Å². The molecule has 10 heteroatoms. The largest absolute Gasteiger partial charge is 0.448 e. The van der Waals surface area contributed by atoms with Crippen LogP contribution in [0.3, 0.4) is 0 Å². The zero-order chi connectivity index (χ0) is 28.6. The smallest absolute Gasteiger partial charge is 0.409 e. The van der Waals surface area contributed by atoms with Crippen LogP contribution in [0.5, 0.6) is 0 Å². The first-order valence-electron chi connectivity index (χ1n) is 14.9. The van der Waals surface area contributed by atoms with Crippen molar-refractivity contribution in [2.24, 2.45) is 5.41 Å². The van der Waals surface area contributed by atoms with Gasteiger partial charge in [0.05, 0.1) is 17.0 Å². The fourth-order valence-electron chi connectivity index (χ4n) is 7.04. The Morgan fingerprint density at radius 2 is 1.66 bits per heavy atom. The molecule has 2 aromatic rings. The average Bonchev–Trinajstić information content (AvgIpc) is 3.74. The lowest BCUT2D eigenvalue weighted by Gasteiger charge is -2.42. The Bertz CT molecular complexity index is 1340. The zero-order valence-corrected chi connectivity index (χ0v) is 25.0. The van der Waals surface area contributed by atoms with Gasteiger partial charge in [-0.25, -0.2) is 17.6 Å². The van der Waals surface area contributed by atoms with Gasteiger partial charge >= 0.3 is 6.09 Å². The molecule has 7 nitrogen and oxygen atoms in total. The van der Waals surface area contributed by atoms with Crippen LogP contribution in [0.25, 0.3) is 0 Å². The second-order valence-corrected chi connectivity index (χ2v) is 14.6. The quantitative estimate of drug-likeness (QED) is 0.391. The Balaban J connectivity index is 1.12. The molecule has 4 fully saturated rings. The molecule has 1 spiro atoms. The number of carbonyl (C=O) groups is 1. The van der Waals surface area contributed by atoms with Crippen molar-refractivity contribution in [2.75, 3.05) is 32.8 Å². The Hall–Kier alpha value is -2.20. The number of ether oxygens (including phenoxy) is 1. The average molecular weight is 604 g/mol. The number of piperidine rings is 3. The SMILES string of the molecule is O=C(OCC1CCCC(c2cccc(F)c2)N1S(=O)(=O)c1ccc(Cl)cc1)N1CCC(N2CCC3(CC2)CC3)CC1. The summed E-state index contributed by atoms with van der Waals surface area (Å²) >= 11 is 6.03. The number of benzene rings is 2. The van der Waals surface area contributed by atoms with Gasteiger partial charge in [-0.15, -0.1) is 0 Å². The van der Waals surface area contributed by atoms with Crippen LogP contribution in [0, 0.1) is 11.2 Å². The van der Waals surface area contributed by atoms with E-state index < -0.39 is 34.0 Å². The van der Waals surface area contributed by atoms with Crippen molar-refractivity contribution in [1.29, 1.82) is 0 Å². The third-order valence-corrected chi connectivity index (χ3v) is 12.0. The van der Waals surface area contributed by atoms with Gasteiger partial charge in [0.15, 0.2) is 0 Å². The van der Waals surface area contributed by atoms with E-state index in [0.29, 0.717) is 48.0 Å². The number of sulfonamides is 1. The van der Waals surface area contributed by atoms with Crippen molar-refractivity contribution in [2.45, 2.75) is 80.8 Å². The Labute approximate surface area is 247 Å². The lowest BCUT2D eigenvalue weighted by atomic mass is 9.91. The highest BCUT2D eigenvalue weighted by atomic mass is 35.5. The van der Waals surface area contributed by atoms with Crippen LogP contribution in [0.15, 0.2) is 53.4 Å². The highest BCUT2D eigenvalue weighted by Crippen LogP contribution is 2.54. The molecule has 1 amide bonds. The summed E-state index contributed by atoms with van der Waals surface area (Å²) in [5.74, 6) is -0.417. The Morgan fingerprint density at radius 3 is 2.32 bits per heavy atom. The fourth-order valence-corrected chi connectivity index (χ4v) is 9.02. The normalized spacial score (nSPS) is 25.8. The van der Waals surface area contributed by atoms with Gasteiger partial charge in [-0.2, -0.15) is 4.31 Å². The zero-order valence-electron chi connectivity index (χ0n) is 23.4. The number of carbonyl (C=O) groups excluding carboxylic acids is 1. The summed E-state index contributed by atoms with van der Waals surface area (Å²) in [7, 11) is -3.99. The summed E-state index contributed by atoms with van der Waals surface area (Å²) < 4.78 is 49.4. The maximum absolute atomic E-state index is 14.2. The molecule has 222 valence electrons. The van der Waals surface area contributed by atoms with Crippen LogP contribution in [-0.2, 0) is 14.8 Å². The van der Waals surface area contributed by atoms with Gasteiger partial charge in [0, 0.05) is 24.2 Å². The summed E-state index contributed by atoms with van der Waals surface area (Å²) in [6.45, 7) is 3.58. The van der Waals surface area contributed by atoms with E-state index in [1.165, 1.54) is 67.3 Å². The molecule has 2 atom stereocenters. The highest BCUT2D eigenvalue weighted by molar-refractivity contribution is 7.89. The van der Waals surface area contributed by atoms with E-state index in [-0.39, 0.29) is 11.5 Å². The van der Waals surface area contributed by atoms with Gasteiger partial charge in [-0.3, -0.25) is 0 Å². The molecule has 3 saturated heterocycles. The standard InChI is InChI=1S/C31H39ClFN3O4S/c32-24-7-9-28(10-8-24)41(38,39)36-27(5-2-6-29(36)23-3-1-4-25(33)21-23)22-40-30(37)35-17-11-26(12-18-35)34-19-15-31(13-14-31)16-20-34/h1,3-4,7-10,21,26-27,29H,2,5-6,11-20,22H2. The minimum atomic E-state index is -3.99. The number of nitrogens with zero attached hydrogens (tertiary/aromatic N) is 3. The molecule has 3 aliphatic heterocycles. The van der Waals surface area contributed by atoms with Gasteiger partial charge in [0.25, 0.3) is 0 Å². The van der Waals surface area contributed by atoms with E-state index in [2.05, 4.69) is 4.90 Å². The van der Waals surface area contributed by atoms with Gasteiger partial charge in [0.2, 0.25) is 10.0 Å². The van der Waals surface area contributed by atoms with Crippen molar-refractivity contribution >= 4 is 27.7 Å². The monoisotopic (exact) mass is 603 g/mol. The molecule has 4 aliphatic rings. The number of hydrogen-bond acceptors (Lipinski definition) is 5. The number of rotatable bonds is 6. The molecule has 0 bridgehead atoms. The summed E-state index contributed by atoms with van der Waals surface area (Å²) in [6.07, 6.45) is 8.71. The molecule has 0 N–H and O–H groups in total. The topological polar surface area (TPSA) is 70.2 Å². The molecule has 1 aliphatic carbocycles. The predicted octanol–water partition coefficient (Wildman–Crippen LogP) is 6.24. The first kappa shape index (κ1) is 28.9. The maximum atomic E-state index is 14.2. The molecular weight excluding hydrogens is 565 g/mol. The van der Waals surface area contributed by atoms with E-state index in [9.17, 15) is 17.6 Å². The lowest BCUT2D eigenvalue weighted by molar-refractivity contribution is 0.0408.